The smallest absolute Gasteiger partial charge is 0.0846 e. The molecule has 3 rings (SSSR count). The molecule has 1 aromatic heterocycles. The summed E-state index contributed by atoms with van der Waals surface area (Å²) in [7, 11) is 0. The van der Waals surface area contributed by atoms with Crippen molar-refractivity contribution in [1.29, 1.82) is 0 Å². The van der Waals surface area contributed by atoms with Crippen LogP contribution in [0.2, 0.25) is 0 Å². The molecule has 3 N–H and O–H groups in total. The predicted molar refractivity (Wildman–Crippen MR) is 121 cm³/mol. The molecule has 0 aliphatic carbocycles. The molecule has 0 unspecified atom stereocenters. The molecule has 0 amide bonds. The van der Waals surface area contributed by atoms with E-state index >= 15 is 0 Å². The Balaban J connectivity index is 1.95. The third-order valence-electron chi connectivity index (χ3n) is 4.48. The summed E-state index contributed by atoms with van der Waals surface area (Å²) in [6.07, 6.45) is -0.592. The molecule has 0 spiro atoms. The number of benzene rings is 2. The van der Waals surface area contributed by atoms with Crippen molar-refractivity contribution in [3.8, 4) is 0 Å². The predicted octanol–water partition coefficient (Wildman–Crippen LogP) is 2.65. The second-order valence-electron chi connectivity index (χ2n) is 6.34. The van der Waals surface area contributed by atoms with Crippen molar-refractivity contribution in [3.63, 3.8) is 0 Å². The molecule has 3 aromatic rings. The summed E-state index contributed by atoms with van der Waals surface area (Å²) in [6.45, 7) is 1.80. The number of aliphatic hydroxyl groups excluding tert-OH is 3. The van der Waals surface area contributed by atoms with Gasteiger partial charge in [-0.3, -0.25) is 4.90 Å². The Bertz CT molecular complexity index is 832. The first kappa shape index (κ1) is 20.3. The Morgan fingerprint density at radius 1 is 0.885 bits per heavy atom. The average Bonchev–Trinajstić information content (AvgIpc) is 2.88. The van der Waals surface area contributed by atoms with E-state index in [9.17, 15) is 5.11 Å². The van der Waals surface area contributed by atoms with Gasteiger partial charge in [-0.15, -0.1) is 0 Å². The van der Waals surface area contributed by atoms with Gasteiger partial charge in [0, 0.05) is 48.6 Å². The number of nitrogens with zero attached hydrogens (tertiary/aromatic N) is 2. The van der Waals surface area contributed by atoms with Gasteiger partial charge < -0.3 is 19.9 Å². The van der Waals surface area contributed by atoms with Crippen LogP contribution in [-0.2, 0) is 6.54 Å². The maximum atomic E-state index is 10.6. The summed E-state index contributed by atoms with van der Waals surface area (Å²) in [5, 5.41) is 31.3. The molecular weight excluding hydrogens is 558 g/mol. The zero-order chi connectivity index (χ0) is 18.7. The molecule has 5 nitrogen and oxygen atoms in total. The quantitative estimate of drug-likeness (QED) is 0.359. The van der Waals surface area contributed by atoms with Crippen LogP contribution < -0.4 is 0 Å². The lowest BCUT2D eigenvalue weighted by Gasteiger charge is -2.24. The van der Waals surface area contributed by atoms with Crippen molar-refractivity contribution in [2.75, 3.05) is 32.8 Å². The highest BCUT2D eigenvalue weighted by molar-refractivity contribution is 14.1. The SMILES string of the molecule is OCCN(CCO)C[C@H](O)Cn1c2ccc(I)cc2c2cc(I)ccc21. The van der Waals surface area contributed by atoms with Crippen LogP contribution in [0.5, 0.6) is 0 Å². The van der Waals surface area contributed by atoms with Crippen molar-refractivity contribution >= 4 is 67.0 Å². The van der Waals surface area contributed by atoms with Gasteiger partial charge in [0.05, 0.1) is 25.9 Å². The monoisotopic (exact) mass is 580 g/mol. The summed E-state index contributed by atoms with van der Waals surface area (Å²) in [4.78, 5) is 1.88. The third-order valence-corrected chi connectivity index (χ3v) is 5.83. The Hall–Kier alpha value is -0.460. The van der Waals surface area contributed by atoms with Crippen molar-refractivity contribution in [3.05, 3.63) is 43.5 Å². The van der Waals surface area contributed by atoms with Gasteiger partial charge in [-0.05, 0) is 81.6 Å². The molecule has 0 aliphatic rings. The topological polar surface area (TPSA) is 68.9 Å². The number of aromatic nitrogens is 1. The minimum atomic E-state index is -0.592. The van der Waals surface area contributed by atoms with E-state index < -0.39 is 6.10 Å². The van der Waals surface area contributed by atoms with Gasteiger partial charge in [-0.25, -0.2) is 0 Å². The summed E-state index contributed by atoms with van der Waals surface area (Å²) in [6, 6.07) is 12.7. The van der Waals surface area contributed by atoms with E-state index in [0.29, 0.717) is 26.2 Å². The minimum Gasteiger partial charge on any atom is -0.395 e. The molecule has 0 saturated carbocycles. The van der Waals surface area contributed by atoms with Gasteiger partial charge in [0.2, 0.25) is 0 Å². The van der Waals surface area contributed by atoms with Crippen LogP contribution in [0.1, 0.15) is 0 Å². The van der Waals surface area contributed by atoms with Crippen molar-refractivity contribution in [1.82, 2.24) is 9.47 Å². The largest absolute Gasteiger partial charge is 0.395 e. The van der Waals surface area contributed by atoms with Crippen LogP contribution in [0.25, 0.3) is 21.8 Å². The average molecular weight is 580 g/mol. The molecule has 1 atom stereocenters. The maximum absolute atomic E-state index is 10.6. The van der Waals surface area contributed by atoms with Gasteiger partial charge >= 0.3 is 0 Å². The highest BCUT2D eigenvalue weighted by Gasteiger charge is 2.16. The zero-order valence-corrected chi connectivity index (χ0v) is 18.6. The molecule has 26 heavy (non-hydrogen) atoms. The van der Waals surface area contributed by atoms with E-state index in [-0.39, 0.29) is 13.2 Å². The Kier molecular flexibility index (Phi) is 7.14. The van der Waals surface area contributed by atoms with Crippen molar-refractivity contribution in [2.24, 2.45) is 0 Å². The fourth-order valence-electron chi connectivity index (χ4n) is 3.39. The van der Waals surface area contributed by atoms with Crippen LogP contribution in [0.4, 0.5) is 0 Å². The summed E-state index contributed by atoms with van der Waals surface area (Å²) in [5.41, 5.74) is 2.22. The first-order valence-electron chi connectivity index (χ1n) is 8.52. The second kappa shape index (κ2) is 9.16. The molecule has 2 aromatic carbocycles. The molecule has 1 heterocycles. The second-order valence-corrected chi connectivity index (χ2v) is 8.83. The molecule has 0 bridgehead atoms. The fourth-order valence-corrected chi connectivity index (χ4v) is 4.37. The van der Waals surface area contributed by atoms with E-state index in [1.165, 1.54) is 17.9 Å². The van der Waals surface area contributed by atoms with E-state index in [4.69, 9.17) is 10.2 Å². The van der Waals surface area contributed by atoms with Crippen LogP contribution >= 0.6 is 45.2 Å². The fraction of sp³-hybridized carbons (Fsp3) is 0.368. The standard InChI is InChI=1S/C19H22I2N2O3/c20-13-1-3-18-16(9-13)17-10-14(21)2-4-19(17)23(18)12-15(26)11-22(5-7-24)6-8-25/h1-4,9-10,15,24-26H,5-8,11-12H2/t15-/m0/s1. The van der Waals surface area contributed by atoms with Crippen molar-refractivity contribution < 1.29 is 15.3 Å². The molecule has 0 radical (unpaired) electrons. The molecule has 0 fully saturated rings. The molecule has 140 valence electrons. The van der Waals surface area contributed by atoms with Crippen LogP contribution in [0.3, 0.4) is 0 Å². The van der Waals surface area contributed by atoms with Gasteiger partial charge in [0.15, 0.2) is 0 Å². The van der Waals surface area contributed by atoms with E-state index in [1.54, 1.807) is 0 Å². The van der Waals surface area contributed by atoms with Crippen LogP contribution in [-0.4, -0.2) is 63.7 Å². The molecule has 0 saturated heterocycles. The Morgan fingerprint density at radius 3 is 1.85 bits per heavy atom. The van der Waals surface area contributed by atoms with Crippen LogP contribution in [0, 0.1) is 7.14 Å². The minimum absolute atomic E-state index is 0.0129. The lowest BCUT2D eigenvalue weighted by Crippen LogP contribution is -2.38. The number of hydrogen-bond acceptors (Lipinski definition) is 4. The van der Waals surface area contributed by atoms with E-state index in [0.717, 1.165) is 11.0 Å². The lowest BCUT2D eigenvalue weighted by atomic mass is 10.2. The van der Waals surface area contributed by atoms with Gasteiger partial charge in [0.1, 0.15) is 0 Å². The Morgan fingerprint density at radius 2 is 1.38 bits per heavy atom. The maximum Gasteiger partial charge on any atom is 0.0846 e. The van der Waals surface area contributed by atoms with E-state index in [1.807, 2.05) is 4.90 Å². The normalized spacial score (nSPS) is 13.2. The van der Waals surface area contributed by atoms with Crippen LogP contribution in [0.15, 0.2) is 36.4 Å². The number of rotatable bonds is 8. The molecule has 7 heteroatoms. The summed E-state index contributed by atoms with van der Waals surface area (Å²) >= 11 is 4.65. The lowest BCUT2D eigenvalue weighted by molar-refractivity contribution is 0.0787. The summed E-state index contributed by atoms with van der Waals surface area (Å²) < 4.78 is 4.54. The Labute approximate surface area is 179 Å². The highest BCUT2D eigenvalue weighted by Crippen LogP contribution is 2.31. The highest BCUT2D eigenvalue weighted by atomic mass is 127. The number of fused-ring (bicyclic) bond motifs is 3. The third kappa shape index (κ3) is 4.50. The molecule has 0 aliphatic heterocycles. The first-order valence-corrected chi connectivity index (χ1v) is 10.7. The van der Waals surface area contributed by atoms with Gasteiger partial charge in [-0.1, -0.05) is 0 Å². The van der Waals surface area contributed by atoms with Gasteiger partial charge in [-0.2, -0.15) is 0 Å². The number of halogens is 2. The summed E-state index contributed by atoms with van der Waals surface area (Å²) in [5.74, 6) is 0. The number of aliphatic hydroxyl groups is 3. The first-order chi connectivity index (χ1) is 12.5. The number of hydrogen-bond donors (Lipinski definition) is 3. The van der Waals surface area contributed by atoms with Gasteiger partial charge in [0.25, 0.3) is 0 Å². The molecular formula is C19H22I2N2O3. The van der Waals surface area contributed by atoms with E-state index in [2.05, 4.69) is 86.1 Å². The zero-order valence-electron chi connectivity index (χ0n) is 14.3. The van der Waals surface area contributed by atoms with Crippen molar-refractivity contribution in [2.45, 2.75) is 12.6 Å².